The van der Waals surface area contributed by atoms with Gasteiger partial charge in [-0.25, -0.2) is 8.78 Å². The number of nitrogens with one attached hydrogen (secondary N) is 1. The molecule has 3 unspecified atom stereocenters. The Labute approximate surface area is 99.5 Å². The van der Waals surface area contributed by atoms with E-state index in [0.717, 1.165) is 12.8 Å². The fraction of sp³-hybridized carbons (Fsp3) is 0.429. The van der Waals surface area contributed by atoms with Gasteiger partial charge in [0.2, 0.25) is 0 Å². The summed E-state index contributed by atoms with van der Waals surface area (Å²) in [6.07, 6.45) is 6.45. The first-order valence-electron chi connectivity index (χ1n) is 6.04. The summed E-state index contributed by atoms with van der Waals surface area (Å²) in [5.41, 5.74) is 0.514. The number of hydrogen-bond acceptors (Lipinski definition) is 1. The molecule has 0 saturated heterocycles. The average molecular weight is 235 g/mol. The van der Waals surface area contributed by atoms with Crippen molar-refractivity contribution in [3.63, 3.8) is 0 Å². The third-order valence-corrected chi connectivity index (χ3v) is 3.98. The van der Waals surface area contributed by atoms with Crippen LogP contribution in [0.1, 0.15) is 18.4 Å². The van der Waals surface area contributed by atoms with Gasteiger partial charge in [0, 0.05) is 12.0 Å². The van der Waals surface area contributed by atoms with Crippen LogP contribution in [0.4, 0.5) is 14.5 Å². The second-order valence-corrected chi connectivity index (χ2v) is 5.04. The number of anilines is 1. The summed E-state index contributed by atoms with van der Waals surface area (Å²) in [5.74, 6) is 0.173. The zero-order valence-corrected chi connectivity index (χ0v) is 9.71. The monoisotopic (exact) mass is 235 g/mol. The predicted molar refractivity (Wildman–Crippen MR) is 63.9 cm³/mol. The molecule has 0 amide bonds. The van der Waals surface area contributed by atoms with Gasteiger partial charge in [0.1, 0.15) is 11.5 Å². The van der Waals surface area contributed by atoms with Crippen molar-refractivity contribution in [3.8, 4) is 0 Å². The number of benzene rings is 1. The van der Waals surface area contributed by atoms with E-state index in [1.807, 2.05) is 0 Å². The average Bonchev–Trinajstić information content (AvgIpc) is 2.66. The van der Waals surface area contributed by atoms with E-state index in [4.69, 9.17) is 0 Å². The van der Waals surface area contributed by atoms with Crippen LogP contribution in [-0.2, 0) is 0 Å². The molecule has 2 aliphatic carbocycles. The molecule has 1 nitrogen and oxygen atoms in total. The molecule has 0 heterocycles. The molecule has 1 saturated carbocycles. The summed E-state index contributed by atoms with van der Waals surface area (Å²) in [5, 5.41) is 3.03. The fourth-order valence-electron chi connectivity index (χ4n) is 2.86. The van der Waals surface area contributed by atoms with Crippen LogP contribution in [0.25, 0.3) is 0 Å². The first-order chi connectivity index (χ1) is 8.16. The van der Waals surface area contributed by atoms with Crippen molar-refractivity contribution in [2.45, 2.75) is 25.8 Å². The van der Waals surface area contributed by atoms with Gasteiger partial charge in [-0.05, 0) is 37.3 Å². The summed E-state index contributed by atoms with van der Waals surface area (Å²) in [6, 6.07) is 2.97. The van der Waals surface area contributed by atoms with Crippen LogP contribution >= 0.6 is 0 Å². The van der Waals surface area contributed by atoms with Gasteiger partial charge in [0.25, 0.3) is 0 Å². The van der Waals surface area contributed by atoms with Crippen LogP contribution in [0.5, 0.6) is 0 Å². The molecule has 3 rings (SSSR count). The van der Waals surface area contributed by atoms with Gasteiger partial charge in [-0.2, -0.15) is 0 Å². The second-order valence-electron chi connectivity index (χ2n) is 5.04. The highest BCUT2D eigenvalue weighted by Gasteiger charge is 2.41. The van der Waals surface area contributed by atoms with E-state index in [9.17, 15) is 8.78 Å². The first kappa shape index (κ1) is 10.8. The van der Waals surface area contributed by atoms with Crippen molar-refractivity contribution in [1.29, 1.82) is 0 Å². The maximum atomic E-state index is 13.8. The molecular weight excluding hydrogens is 220 g/mol. The van der Waals surface area contributed by atoms with Crippen molar-refractivity contribution in [1.82, 2.24) is 0 Å². The normalized spacial score (nSPS) is 29.9. The van der Waals surface area contributed by atoms with Crippen molar-refractivity contribution in [2.75, 3.05) is 5.32 Å². The molecular formula is C14H15F2N. The van der Waals surface area contributed by atoms with Gasteiger partial charge < -0.3 is 5.32 Å². The van der Waals surface area contributed by atoms with Crippen molar-refractivity contribution < 1.29 is 8.78 Å². The van der Waals surface area contributed by atoms with E-state index in [-0.39, 0.29) is 11.7 Å². The van der Waals surface area contributed by atoms with E-state index in [2.05, 4.69) is 17.5 Å². The first-order valence-corrected chi connectivity index (χ1v) is 6.04. The quantitative estimate of drug-likeness (QED) is 0.771. The van der Waals surface area contributed by atoms with Gasteiger partial charge >= 0.3 is 0 Å². The Morgan fingerprint density at radius 1 is 1.29 bits per heavy atom. The molecule has 1 fully saturated rings. The van der Waals surface area contributed by atoms with Crippen molar-refractivity contribution in [2.24, 2.45) is 11.8 Å². The number of allylic oxidation sites excluding steroid dienone is 1. The highest BCUT2D eigenvalue weighted by molar-refractivity contribution is 5.50. The summed E-state index contributed by atoms with van der Waals surface area (Å²) >= 11 is 0. The molecule has 90 valence electrons. The molecule has 0 bridgehead atoms. The molecule has 0 aliphatic heterocycles. The largest absolute Gasteiger partial charge is 0.377 e. The lowest BCUT2D eigenvalue weighted by molar-refractivity contribution is 0.217. The van der Waals surface area contributed by atoms with Crippen LogP contribution in [0.15, 0.2) is 24.3 Å². The molecule has 3 heteroatoms. The van der Waals surface area contributed by atoms with Crippen molar-refractivity contribution in [3.05, 3.63) is 41.5 Å². The number of fused-ring (bicyclic) bond motifs is 1. The van der Waals surface area contributed by atoms with E-state index in [0.29, 0.717) is 17.4 Å². The van der Waals surface area contributed by atoms with Gasteiger partial charge in [-0.1, -0.05) is 18.2 Å². The smallest absolute Gasteiger partial charge is 0.152 e. The van der Waals surface area contributed by atoms with Gasteiger partial charge in [0.05, 0.1) is 0 Å². The number of hydrogen-bond donors (Lipinski definition) is 1. The summed E-state index contributed by atoms with van der Waals surface area (Å²) in [7, 11) is 0. The number of aryl methyl sites for hydroxylation is 1. The zero-order valence-electron chi connectivity index (χ0n) is 9.71. The van der Waals surface area contributed by atoms with Crippen LogP contribution in [0.2, 0.25) is 0 Å². The van der Waals surface area contributed by atoms with Gasteiger partial charge in [-0.3, -0.25) is 0 Å². The van der Waals surface area contributed by atoms with Gasteiger partial charge in [-0.15, -0.1) is 0 Å². The lowest BCUT2D eigenvalue weighted by Gasteiger charge is -2.41. The van der Waals surface area contributed by atoms with E-state index in [1.54, 1.807) is 6.92 Å². The molecule has 1 aromatic carbocycles. The topological polar surface area (TPSA) is 12.0 Å². The van der Waals surface area contributed by atoms with E-state index in [1.165, 1.54) is 12.1 Å². The second kappa shape index (κ2) is 3.83. The van der Waals surface area contributed by atoms with E-state index >= 15 is 0 Å². The molecule has 0 aromatic heterocycles. The molecule has 0 radical (unpaired) electrons. The molecule has 1 aromatic rings. The van der Waals surface area contributed by atoms with Crippen LogP contribution in [-0.4, -0.2) is 6.04 Å². The van der Waals surface area contributed by atoms with Crippen molar-refractivity contribution >= 4 is 5.69 Å². The molecule has 1 N–H and O–H groups in total. The summed E-state index contributed by atoms with van der Waals surface area (Å²) in [6.45, 7) is 1.65. The van der Waals surface area contributed by atoms with Crippen LogP contribution in [0.3, 0.4) is 0 Å². The predicted octanol–water partition coefficient (Wildman–Crippen LogP) is 3.65. The minimum atomic E-state index is -0.501. The Balaban J connectivity index is 1.82. The Hall–Kier alpha value is -1.38. The highest BCUT2D eigenvalue weighted by atomic mass is 19.1. The highest BCUT2D eigenvalue weighted by Crippen LogP contribution is 2.44. The Kier molecular flexibility index (Phi) is 2.42. The van der Waals surface area contributed by atoms with Crippen LogP contribution < -0.4 is 5.32 Å². The Bertz CT molecular complexity index is 481. The van der Waals surface area contributed by atoms with Gasteiger partial charge in [0.15, 0.2) is 5.82 Å². The minimum absolute atomic E-state index is 0.0359. The molecule has 17 heavy (non-hydrogen) atoms. The molecule has 2 aliphatic rings. The maximum Gasteiger partial charge on any atom is 0.152 e. The maximum absolute atomic E-state index is 13.8. The minimum Gasteiger partial charge on any atom is -0.377 e. The molecule has 3 atom stereocenters. The van der Waals surface area contributed by atoms with Crippen LogP contribution in [0, 0.1) is 30.4 Å². The summed E-state index contributed by atoms with van der Waals surface area (Å²) in [4.78, 5) is 0. The lowest BCUT2D eigenvalue weighted by atomic mass is 9.71. The third-order valence-electron chi connectivity index (χ3n) is 3.98. The number of halogens is 2. The lowest BCUT2D eigenvalue weighted by Crippen LogP contribution is -2.43. The summed E-state index contributed by atoms with van der Waals surface area (Å²) < 4.78 is 27.4. The Morgan fingerprint density at radius 3 is 2.88 bits per heavy atom. The van der Waals surface area contributed by atoms with E-state index < -0.39 is 11.6 Å². The zero-order chi connectivity index (χ0) is 12.0. The number of rotatable bonds is 2. The SMILES string of the molecule is Cc1ccc(F)c(NC2CC3CC=CC32)c1F. The third kappa shape index (κ3) is 1.65. The Morgan fingerprint density at radius 2 is 2.12 bits per heavy atom. The standard InChI is InChI=1S/C14H15F2N/c1-8-5-6-11(15)14(13(8)16)17-12-7-9-3-2-4-10(9)12/h2,4-6,9-10,12,17H,3,7H2,1H3. The molecule has 0 spiro atoms. The fourth-order valence-corrected chi connectivity index (χ4v) is 2.86.